The van der Waals surface area contributed by atoms with Crippen LogP contribution in [0.5, 0.6) is 0 Å². The van der Waals surface area contributed by atoms with Crippen molar-refractivity contribution in [3.63, 3.8) is 0 Å². The molecule has 0 saturated carbocycles. The number of hydrogen-bond donors (Lipinski definition) is 0. The Balaban J connectivity index is 2.28. The standard InChI is InChI=1S/C16H14N2O/c1-12-6-8-14(9-7-12)16(19)18(2)15-5-3-4-13(10-15)11-17/h3-10H,1-2H3. The molecule has 0 aliphatic heterocycles. The van der Waals surface area contributed by atoms with Gasteiger partial charge in [0, 0.05) is 18.3 Å². The van der Waals surface area contributed by atoms with Crippen LogP contribution in [0.1, 0.15) is 21.5 Å². The lowest BCUT2D eigenvalue weighted by atomic mass is 10.1. The summed E-state index contributed by atoms with van der Waals surface area (Å²) < 4.78 is 0. The first-order valence-electron chi connectivity index (χ1n) is 5.96. The van der Waals surface area contributed by atoms with Gasteiger partial charge < -0.3 is 4.90 Å². The van der Waals surface area contributed by atoms with E-state index in [0.29, 0.717) is 16.8 Å². The molecule has 0 aliphatic carbocycles. The molecular formula is C16H14N2O. The molecule has 0 bridgehead atoms. The van der Waals surface area contributed by atoms with Gasteiger partial charge in [-0.2, -0.15) is 5.26 Å². The predicted molar refractivity (Wildman–Crippen MR) is 75.1 cm³/mol. The van der Waals surface area contributed by atoms with Crippen molar-refractivity contribution >= 4 is 11.6 Å². The maximum absolute atomic E-state index is 12.3. The Bertz CT molecular complexity index is 639. The van der Waals surface area contributed by atoms with Crippen LogP contribution < -0.4 is 4.90 Å². The highest BCUT2D eigenvalue weighted by Gasteiger charge is 2.13. The van der Waals surface area contributed by atoms with E-state index in [1.54, 1.807) is 30.1 Å². The van der Waals surface area contributed by atoms with Crippen molar-refractivity contribution in [1.29, 1.82) is 5.26 Å². The van der Waals surface area contributed by atoms with Crippen LogP contribution in [0.25, 0.3) is 0 Å². The van der Waals surface area contributed by atoms with Crippen LogP contribution in [-0.2, 0) is 0 Å². The summed E-state index contributed by atoms with van der Waals surface area (Å²) in [5.74, 6) is -0.0879. The average molecular weight is 250 g/mol. The molecule has 0 aliphatic rings. The van der Waals surface area contributed by atoms with Crippen LogP contribution in [0, 0.1) is 18.3 Å². The minimum Gasteiger partial charge on any atom is -0.311 e. The van der Waals surface area contributed by atoms with Crippen molar-refractivity contribution in [1.82, 2.24) is 0 Å². The summed E-state index contributed by atoms with van der Waals surface area (Å²) in [7, 11) is 1.71. The lowest BCUT2D eigenvalue weighted by Gasteiger charge is -2.17. The summed E-state index contributed by atoms with van der Waals surface area (Å²) in [5.41, 5.74) is 3.01. The normalized spacial score (nSPS) is 9.74. The molecule has 2 aromatic rings. The minimum absolute atomic E-state index is 0.0879. The SMILES string of the molecule is Cc1ccc(C(=O)N(C)c2cccc(C#N)c2)cc1. The molecule has 0 spiro atoms. The number of carbonyl (C=O) groups is 1. The number of carbonyl (C=O) groups excluding carboxylic acids is 1. The fourth-order valence-corrected chi connectivity index (χ4v) is 1.79. The predicted octanol–water partition coefficient (Wildman–Crippen LogP) is 3.14. The zero-order valence-corrected chi connectivity index (χ0v) is 10.9. The van der Waals surface area contributed by atoms with Gasteiger partial charge in [-0.15, -0.1) is 0 Å². The number of nitrogens with zero attached hydrogens (tertiary/aromatic N) is 2. The fourth-order valence-electron chi connectivity index (χ4n) is 1.79. The van der Waals surface area contributed by atoms with Gasteiger partial charge in [-0.1, -0.05) is 23.8 Å². The topological polar surface area (TPSA) is 44.1 Å². The van der Waals surface area contributed by atoms with Gasteiger partial charge in [0.15, 0.2) is 0 Å². The number of rotatable bonds is 2. The first kappa shape index (κ1) is 12.8. The molecule has 0 unspecified atom stereocenters. The van der Waals surface area contributed by atoms with Crippen LogP contribution in [0.15, 0.2) is 48.5 Å². The zero-order valence-electron chi connectivity index (χ0n) is 10.9. The van der Waals surface area contributed by atoms with Gasteiger partial charge in [0.05, 0.1) is 11.6 Å². The van der Waals surface area contributed by atoms with E-state index in [0.717, 1.165) is 5.56 Å². The number of nitriles is 1. The van der Waals surface area contributed by atoms with E-state index in [1.807, 2.05) is 37.3 Å². The first-order chi connectivity index (χ1) is 9.11. The van der Waals surface area contributed by atoms with E-state index < -0.39 is 0 Å². The van der Waals surface area contributed by atoms with E-state index in [4.69, 9.17) is 5.26 Å². The third-order valence-electron chi connectivity index (χ3n) is 2.97. The quantitative estimate of drug-likeness (QED) is 0.821. The average Bonchev–Trinajstić information content (AvgIpc) is 2.46. The molecule has 0 atom stereocenters. The smallest absolute Gasteiger partial charge is 0.258 e. The van der Waals surface area contributed by atoms with Crippen molar-refractivity contribution in [2.75, 3.05) is 11.9 Å². The molecule has 0 saturated heterocycles. The van der Waals surface area contributed by atoms with E-state index in [1.165, 1.54) is 0 Å². The Morgan fingerprint density at radius 3 is 2.47 bits per heavy atom. The lowest BCUT2D eigenvalue weighted by molar-refractivity contribution is 0.0993. The monoisotopic (exact) mass is 250 g/mol. The van der Waals surface area contributed by atoms with Crippen molar-refractivity contribution in [2.24, 2.45) is 0 Å². The fraction of sp³-hybridized carbons (Fsp3) is 0.125. The number of amides is 1. The van der Waals surface area contributed by atoms with E-state index >= 15 is 0 Å². The van der Waals surface area contributed by atoms with Gasteiger partial charge in [0.1, 0.15) is 0 Å². The van der Waals surface area contributed by atoms with Gasteiger partial charge in [-0.25, -0.2) is 0 Å². The summed E-state index contributed by atoms with van der Waals surface area (Å²) in [5, 5.41) is 8.88. The van der Waals surface area contributed by atoms with Gasteiger partial charge in [-0.05, 0) is 37.3 Å². The second-order valence-corrected chi connectivity index (χ2v) is 4.39. The van der Waals surface area contributed by atoms with Crippen molar-refractivity contribution in [3.05, 3.63) is 65.2 Å². The second-order valence-electron chi connectivity index (χ2n) is 4.39. The van der Waals surface area contributed by atoms with Gasteiger partial charge in [-0.3, -0.25) is 4.79 Å². The Kier molecular flexibility index (Phi) is 3.63. The van der Waals surface area contributed by atoms with E-state index in [2.05, 4.69) is 6.07 Å². The minimum atomic E-state index is -0.0879. The second kappa shape index (κ2) is 5.36. The molecular weight excluding hydrogens is 236 g/mol. The van der Waals surface area contributed by atoms with Crippen LogP contribution in [0.3, 0.4) is 0 Å². The molecule has 2 rings (SSSR count). The Morgan fingerprint density at radius 2 is 1.84 bits per heavy atom. The molecule has 19 heavy (non-hydrogen) atoms. The third-order valence-corrected chi connectivity index (χ3v) is 2.97. The summed E-state index contributed by atoms with van der Waals surface area (Å²) in [6.45, 7) is 1.98. The van der Waals surface area contributed by atoms with Crippen LogP contribution in [-0.4, -0.2) is 13.0 Å². The van der Waals surface area contributed by atoms with Crippen molar-refractivity contribution in [2.45, 2.75) is 6.92 Å². The molecule has 1 amide bonds. The molecule has 0 fully saturated rings. The maximum Gasteiger partial charge on any atom is 0.258 e. The number of aryl methyl sites for hydroxylation is 1. The molecule has 0 aromatic heterocycles. The van der Waals surface area contributed by atoms with Crippen molar-refractivity contribution in [3.8, 4) is 6.07 Å². The van der Waals surface area contributed by atoms with Gasteiger partial charge in [0.2, 0.25) is 0 Å². The van der Waals surface area contributed by atoms with E-state index in [9.17, 15) is 4.79 Å². The third kappa shape index (κ3) is 2.80. The van der Waals surface area contributed by atoms with Crippen LogP contribution in [0.4, 0.5) is 5.69 Å². The van der Waals surface area contributed by atoms with Gasteiger partial charge in [0.25, 0.3) is 5.91 Å². The van der Waals surface area contributed by atoms with Gasteiger partial charge >= 0.3 is 0 Å². The molecule has 0 N–H and O–H groups in total. The molecule has 94 valence electrons. The molecule has 0 radical (unpaired) electrons. The largest absolute Gasteiger partial charge is 0.311 e. The van der Waals surface area contributed by atoms with Crippen LogP contribution in [0.2, 0.25) is 0 Å². The van der Waals surface area contributed by atoms with E-state index in [-0.39, 0.29) is 5.91 Å². The molecule has 3 nitrogen and oxygen atoms in total. The maximum atomic E-state index is 12.3. The summed E-state index contributed by atoms with van der Waals surface area (Å²) in [4.78, 5) is 13.8. The highest BCUT2D eigenvalue weighted by Crippen LogP contribution is 2.17. The number of benzene rings is 2. The first-order valence-corrected chi connectivity index (χ1v) is 5.96. The zero-order chi connectivity index (χ0) is 13.8. The number of anilines is 1. The molecule has 2 aromatic carbocycles. The summed E-state index contributed by atoms with van der Waals surface area (Å²) in [6.07, 6.45) is 0. The highest BCUT2D eigenvalue weighted by atomic mass is 16.2. The Morgan fingerprint density at radius 1 is 1.16 bits per heavy atom. The molecule has 0 heterocycles. The Hall–Kier alpha value is -2.60. The highest BCUT2D eigenvalue weighted by molar-refractivity contribution is 6.05. The lowest BCUT2D eigenvalue weighted by Crippen LogP contribution is -2.26. The number of hydrogen-bond acceptors (Lipinski definition) is 2. The summed E-state index contributed by atoms with van der Waals surface area (Å²) >= 11 is 0. The van der Waals surface area contributed by atoms with Crippen LogP contribution >= 0.6 is 0 Å². The molecule has 3 heteroatoms. The van der Waals surface area contributed by atoms with Crippen molar-refractivity contribution < 1.29 is 4.79 Å². The Labute approximate surface area is 112 Å². The summed E-state index contributed by atoms with van der Waals surface area (Å²) in [6, 6.07) is 16.5.